The third-order valence-corrected chi connectivity index (χ3v) is 1.53. The molecule has 0 fully saturated rings. The van der Waals surface area contributed by atoms with Crippen LogP contribution in [0.4, 0.5) is 5.69 Å². The van der Waals surface area contributed by atoms with Gasteiger partial charge in [0, 0.05) is 6.20 Å². The highest BCUT2D eigenvalue weighted by Crippen LogP contribution is 2.10. The second-order valence-electron chi connectivity index (χ2n) is 3.68. The molecule has 0 saturated heterocycles. The minimum Gasteiger partial charge on any atom is -0.396 e. The standard InChI is InChI=1S/C8H15N3O/c1-6-7(9)4-11(10-6)5-8(2,3)12/h4,12H,5,9H2,1-3H3. The van der Waals surface area contributed by atoms with Crippen molar-refractivity contribution in [1.82, 2.24) is 9.78 Å². The summed E-state index contributed by atoms with van der Waals surface area (Å²) >= 11 is 0. The number of hydrogen-bond donors (Lipinski definition) is 2. The second-order valence-corrected chi connectivity index (χ2v) is 3.68. The summed E-state index contributed by atoms with van der Waals surface area (Å²) in [6.07, 6.45) is 1.73. The average Bonchev–Trinajstić information content (AvgIpc) is 2.07. The number of aliphatic hydroxyl groups is 1. The van der Waals surface area contributed by atoms with E-state index in [1.165, 1.54) is 0 Å². The molecule has 1 heterocycles. The Morgan fingerprint density at radius 1 is 1.67 bits per heavy atom. The van der Waals surface area contributed by atoms with Gasteiger partial charge in [0.1, 0.15) is 0 Å². The lowest BCUT2D eigenvalue weighted by Crippen LogP contribution is -2.26. The summed E-state index contributed by atoms with van der Waals surface area (Å²) in [5, 5.41) is 13.6. The van der Waals surface area contributed by atoms with Gasteiger partial charge in [0.25, 0.3) is 0 Å². The van der Waals surface area contributed by atoms with E-state index in [4.69, 9.17) is 5.73 Å². The summed E-state index contributed by atoms with van der Waals surface area (Å²) in [6.45, 7) is 5.78. The largest absolute Gasteiger partial charge is 0.396 e. The van der Waals surface area contributed by atoms with Crippen molar-refractivity contribution in [2.24, 2.45) is 0 Å². The first-order chi connectivity index (χ1) is 5.38. The first-order valence-electron chi connectivity index (χ1n) is 3.90. The molecule has 0 aromatic carbocycles. The van der Waals surface area contributed by atoms with Crippen LogP contribution in [0.15, 0.2) is 6.20 Å². The van der Waals surface area contributed by atoms with Crippen molar-refractivity contribution >= 4 is 5.69 Å². The van der Waals surface area contributed by atoms with Crippen LogP contribution in [0.1, 0.15) is 19.5 Å². The molecule has 0 unspecified atom stereocenters. The Morgan fingerprint density at radius 2 is 2.25 bits per heavy atom. The molecule has 68 valence electrons. The molecular formula is C8H15N3O. The van der Waals surface area contributed by atoms with Crippen molar-refractivity contribution in [3.8, 4) is 0 Å². The Balaban J connectivity index is 2.77. The summed E-state index contributed by atoms with van der Waals surface area (Å²) in [4.78, 5) is 0. The molecule has 4 nitrogen and oxygen atoms in total. The summed E-state index contributed by atoms with van der Waals surface area (Å²) in [6, 6.07) is 0. The fraction of sp³-hybridized carbons (Fsp3) is 0.625. The number of aryl methyl sites for hydroxylation is 1. The van der Waals surface area contributed by atoms with Crippen molar-refractivity contribution in [2.45, 2.75) is 32.9 Å². The highest BCUT2D eigenvalue weighted by molar-refractivity contribution is 5.39. The number of hydrogen-bond acceptors (Lipinski definition) is 3. The highest BCUT2D eigenvalue weighted by Gasteiger charge is 2.14. The number of nitrogens with zero attached hydrogens (tertiary/aromatic N) is 2. The van der Waals surface area contributed by atoms with Crippen molar-refractivity contribution < 1.29 is 5.11 Å². The predicted molar refractivity (Wildman–Crippen MR) is 47.7 cm³/mol. The lowest BCUT2D eigenvalue weighted by atomic mass is 10.1. The zero-order chi connectivity index (χ0) is 9.35. The predicted octanol–water partition coefficient (Wildman–Crippen LogP) is 0.545. The van der Waals surface area contributed by atoms with Crippen LogP contribution in [0.2, 0.25) is 0 Å². The Bertz CT molecular complexity index is 253. The summed E-state index contributed by atoms with van der Waals surface area (Å²) in [5.74, 6) is 0. The van der Waals surface area contributed by atoms with E-state index in [0.29, 0.717) is 12.2 Å². The molecular weight excluding hydrogens is 154 g/mol. The second kappa shape index (κ2) is 2.79. The van der Waals surface area contributed by atoms with Gasteiger partial charge >= 0.3 is 0 Å². The Labute approximate surface area is 72.0 Å². The van der Waals surface area contributed by atoms with Gasteiger partial charge in [-0.2, -0.15) is 5.10 Å². The van der Waals surface area contributed by atoms with E-state index in [-0.39, 0.29) is 0 Å². The molecule has 1 aromatic rings. The van der Waals surface area contributed by atoms with Gasteiger partial charge in [-0.1, -0.05) is 0 Å². The van der Waals surface area contributed by atoms with Crippen LogP contribution in [-0.2, 0) is 6.54 Å². The van der Waals surface area contributed by atoms with Gasteiger partial charge in [-0.05, 0) is 20.8 Å². The normalized spacial score (nSPS) is 12.0. The first-order valence-corrected chi connectivity index (χ1v) is 3.90. The molecule has 0 aliphatic heterocycles. The van der Waals surface area contributed by atoms with Gasteiger partial charge in [0.05, 0.1) is 23.5 Å². The summed E-state index contributed by atoms with van der Waals surface area (Å²) < 4.78 is 1.66. The van der Waals surface area contributed by atoms with Gasteiger partial charge in [0.2, 0.25) is 0 Å². The minimum absolute atomic E-state index is 0.463. The number of aromatic nitrogens is 2. The van der Waals surface area contributed by atoms with E-state index < -0.39 is 5.60 Å². The zero-order valence-electron chi connectivity index (χ0n) is 7.70. The van der Waals surface area contributed by atoms with Crippen LogP contribution in [0.5, 0.6) is 0 Å². The van der Waals surface area contributed by atoms with Gasteiger partial charge in [-0.3, -0.25) is 4.68 Å². The van der Waals surface area contributed by atoms with Gasteiger partial charge in [-0.25, -0.2) is 0 Å². The number of nitrogen functional groups attached to an aromatic ring is 1. The molecule has 0 aliphatic carbocycles. The lowest BCUT2D eigenvalue weighted by Gasteiger charge is -2.16. The van der Waals surface area contributed by atoms with Crippen molar-refractivity contribution in [2.75, 3.05) is 5.73 Å². The van der Waals surface area contributed by atoms with E-state index >= 15 is 0 Å². The summed E-state index contributed by atoms with van der Waals surface area (Å²) in [7, 11) is 0. The van der Waals surface area contributed by atoms with Gasteiger partial charge < -0.3 is 10.8 Å². The number of rotatable bonds is 2. The molecule has 3 N–H and O–H groups in total. The number of nitrogens with two attached hydrogens (primary N) is 1. The molecule has 0 atom stereocenters. The molecule has 12 heavy (non-hydrogen) atoms. The monoisotopic (exact) mass is 169 g/mol. The van der Waals surface area contributed by atoms with E-state index in [1.54, 1.807) is 24.7 Å². The fourth-order valence-electron chi connectivity index (χ4n) is 1.01. The van der Waals surface area contributed by atoms with Crippen LogP contribution in [-0.4, -0.2) is 20.5 Å². The van der Waals surface area contributed by atoms with Crippen molar-refractivity contribution in [3.63, 3.8) is 0 Å². The maximum Gasteiger partial charge on any atom is 0.0822 e. The average molecular weight is 169 g/mol. The molecule has 0 saturated carbocycles. The van der Waals surface area contributed by atoms with Crippen LogP contribution in [0, 0.1) is 6.92 Å². The van der Waals surface area contributed by atoms with Crippen LogP contribution >= 0.6 is 0 Å². The third-order valence-electron chi connectivity index (χ3n) is 1.53. The molecule has 0 bridgehead atoms. The third kappa shape index (κ3) is 2.23. The lowest BCUT2D eigenvalue weighted by molar-refractivity contribution is 0.0577. The molecule has 0 spiro atoms. The van der Waals surface area contributed by atoms with Crippen molar-refractivity contribution in [1.29, 1.82) is 0 Å². The maximum absolute atomic E-state index is 9.47. The van der Waals surface area contributed by atoms with E-state index in [2.05, 4.69) is 5.10 Å². The molecule has 0 radical (unpaired) electrons. The Hall–Kier alpha value is -1.03. The van der Waals surface area contributed by atoms with Crippen LogP contribution < -0.4 is 5.73 Å². The van der Waals surface area contributed by atoms with Crippen LogP contribution in [0.25, 0.3) is 0 Å². The van der Waals surface area contributed by atoms with Gasteiger partial charge in [-0.15, -0.1) is 0 Å². The fourth-order valence-corrected chi connectivity index (χ4v) is 1.01. The smallest absolute Gasteiger partial charge is 0.0822 e. The molecule has 4 heteroatoms. The number of anilines is 1. The molecule has 1 rings (SSSR count). The minimum atomic E-state index is -0.745. The quantitative estimate of drug-likeness (QED) is 0.679. The Morgan fingerprint density at radius 3 is 2.58 bits per heavy atom. The van der Waals surface area contributed by atoms with E-state index in [1.807, 2.05) is 6.92 Å². The summed E-state index contributed by atoms with van der Waals surface area (Å²) in [5.41, 5.74) is 6.32. The van der Waals surface area contributed by atoms with Crippen molar-refractivity contribution in [3.05, 3.63) is 11.9 Å². The topological polar surface area (TPSA) is 64.1 Å². The molecule has 1 aromatic heterocycles. The van der Waals surface area contributed by atoms with E-state index in [9.17, 15) is 5.11 Å². The van der Waals surface area contributed by atoms with Crippen LogP contribution in [0.3, 0.4) is 0 Å². The molecule has 0 amide bonds. The SMILES string of the molecule is Cc1nn(CC(C)(C)O)cc1N. The van der Waals surface area contributed by atoms with E-state index in [0.717, 1.165) is 5.69 Å². The zero-order valence-corrected chi connectivity index (χ0v) is 7.70. The van der Waals surface area contributed by atoms with Gasteiger partial charge in [0.15, 0.2) is 0 Å². The first kappa shape index (κ1) is 9.06. The highest BCUT2D eigenvalue weighted by atomic mass is 16.3. The molecule has 0 aliphatic rings. The Kier molecular flexibility index (Phi) is 2.10. The maximum atomic E-state index is 9.47.